The molecular formula is C13H15ClO5. The molecule has 0 aliphatic carbocycles. The van der Waals surface area contributed by atoms with Gasteiger partial charge in [0, 0.05) is 12.1 Å². The van der Waals surface area contributed by atoms with Crippen LogP contribution in [0.2, 0.25) is 5.02 Å². The molecule has 6 heteroatoms. The molecule has 0 aliphatic heterocycles. The van der Waals surface area contributed by atoms with Gasteiger partial charge in [-0.2, -0.15) is 0 Å². The molecular weight excluding hydrogens is 272 g/mol. The summed E-state index contributed by atoms with van der Waals surface area (Å²) in [6.07, 6.45) is 0. The van der Waals surface area contributed by atoms with Crippen LogP contribution in [-0.4, -0.2) is 32.3 Å². The van der Waals surface area contributed by atoms with Crippen molar-refractivity contribution in [2.75, 3.05) is 20.3 Å². The van der Waals surface area contributed by atoms with E-state index in [0.29, 0.717) is 10.8 Å². The first-order chi connectivity index (χ1) is 8.93. The molecule has 0 saturated carbocycles. The molecule has 1 rings (SSSR count). The predicted molar refractivity (Wildman–Crippen MR) is 69.4 cm³/mol. The van der Waals surface area contributed by atoms with Gasteiger partial charge in [0.2, 0.25) is 0 Å². The molecule has 0 N–H and O–H groups in total. The maximum absolute atomic E-state index is 11.5. The molecule has 0 unspecified atom stereocenters. The lowest BCUT2D eigenvalue weighted by Gasteiger charge is -2.08. The summed E-state index contributed by atoms with van der Waals surface area (Å²) >= 11 is 6.00. The average Bonchev–Trinajstić information content (AvgIpc) is 2.34. The monoisotopic (exact) mass is 286 g/mol. The van der Waals surface area contributed by atoms with Crippen molar-refractivity contribution in [3.63, 3.8) is 0 Å². The van der Waals surface area contributed by atoms with Gasteiger partial charge >= 0.3 is 11.9 Å². The summed E-state index contributed by atoms with van der Waals surface area (Å²) in [5.74, 6) is -0.916. The Morgan fingerprint density at radius 2 is 1.68 bits per heavy atom. The Morgan fingerprint density at radius 3 is 2.21 bits per heavy atom. The van der Waals surface area contributed by atoms with E-state index in [4.69, 9.17) is 16.3 Å². The molecule has 1 aromatic carbocycles. The number of hydrogen-bond acceptors (Lipinski definition) is 5. The Kier molecular flexibility index (Phi) is 5.79. The van der Waals surface area contributed by atoms with E-state index in [-0.39, 0.29) is 6.61 Å². The maximum atomic E-state index is 11.5. The van der Waals surface area contributed by atoms with E-state index in [0.717, 1.165) is 11.1 Å². The van der Waals surface area contributed by atoms with Crippen molar-refractivity contribution in [2.24, 2.45) is 0 Å². The molecule has 0 aliphatic rings. The molecule has 0 fully saturated rings. The first-order valence-corrected chi connectivity index (χ1v) is 5.93. The number of carbonyl (C=O) groups excluding carboxylic acids is 2. The number of benzene rings is 1. The Labute approximate surface area is 116 Å². The van der Waals surface area contributed by atoms with Gasteiger partial charge in [0.15, 0.2) is 6.61 Å². The quantitative estimate of drug-likeness (QED) is 0.612. The molecule has 19 heavy (non-hydrogen) atoms. The van der Waals surface area contributed by atoms with Gasteiger partial charge in [-0.25, -0.2) is 9.59 Å². The molecule has 0 atom stereocenters. The van der Waals surface area contributed by atoms with Crippen molar-refractivity contribution in [1.29, 1.82) is 0 Å². The summed E-state index contributed by atoms with van der Waals surface area (Å²) in [6.45, 7) is 2.96. The number of hydrogen-bond donors (Lipinski definition) is 0. The van der Waals surface area contributed by atoms with E-state index in [1.165, 1.54) is 7.11 Å². The predicted octanol–water partition coefficient (Wildman–Crippen LogP) is 2.05. The van der Waals surface area contributed by atoms with Gasteiger partial charge in [-0.3, -0.25) is 0 Å². The van der Waals surface area contributed by atoms with Gasteiger partial charge in [-0.15, -0.1) is 0 Å². The highest BCUT2D eigenvalue weighted by Crippen LogP contribution is 2.25. The van der Waals surface area contributed by atoms with E-state index >= 15 is 0 Å². The van der Waals surface area contributed by atoms with E-state index in [9.17, 15) is 9.59 Å². The standard InChI is InChI=1S/C13H15ClO5/c1-8-4-10(5-9(2)13(8)14)19-12(16)7-18-11(15)6-17-3/h4-5H,6-7H2,1-3H3. The molecule has 5 nitrogen and oxygen atoms in total. The average molecular weight is 287 g/mol. The maximum Gasteiger partial charge on any atom is 0.349 e. The van der Waals surface area contributed by atoms with Crippen molar-refractivity contribution in [3.05, 3.63) is 28.3 Å². The second kappa shape index (κ2) is 7.11. The number of esters is 2. The SMILES string of the molecule is COCC(=O)OCC(=O)Oc1cc(C)c(Cl)c(C)c1. The summed E-state index contributed by atoms with van der Waals surface area (Å²) in [4.78, 5) is 22.4. The van der Waals surface area contributed by atoms with Gasteiger partial charge in [0.1, 0.15) is 12.4 Å². The lowest BCUT2D eigenvalue weighted by Crippen LogP contribution is -2.21. The van der Waals surface area contributed by atoms with Crippen LogP contribution in [-0.2, 0) is 19.1 Å². The fraction of sp³-hybridized carbons (Fsp3) is 0.385. The van der Waals surface area contributed by atoms with E-state index in [2.05, 4.69) is 9.47 Å². The van der Waals surface area contributed by atoms with Crippen LogP contribution in [0.3, 0.4) is 0 Å². The van der Waals surface area contributed by atoms with Crippen molar-refractivity contribution in [3.8, 4) is 5.75 Å². The minimum absolute atomic E-state index is 0.202. The van der Waals surface area contributed by atoms with E-state index in [1.807, 2.05) is 13.8 Å². The summed E-state index contributed by atoms with van der Waals surface area (Å²) in [5.41, 5.74) is 1.61. The van der Waals surface area contributed by atoms with Crippen LogP contribution in [0.5, 0.6) is 5.75 Å². The molecule has 1 aromatic rings. The molecule has 0 radical (unpaired) electrons. The molecule has 104 valence electrons. The lowest BCUT2D eigenvalue weighted by atomic mass is 10.1. The third-order valence-electron chi connectivity index (χ3n) is 2.25. The normalized spacial score (nSPS) is 10.1. The second-order valence-corrected chi connectivity index (χ2v) is 4.32. The topological polar surface area (TPSA) is 61.8 Å². The Balaban J connectivity index is 2.55. The van der Waals surface area contributed by atoms with Crippen LogP contribution in [0.15, 0.2) is 12.1 Å². The van der Waals surface area contributed by atoms with Crippen LogP contribution < -0.4 is 4.74 Å². The summed E-state index contributed by atoms with van der Waals surface area (Å²) in [6, 6.07) is 3.29. The minimum Gasteiger partial charge on any atom is -0.452 e. The van der Waals surface area contributed by atoms with Crippen LogP contribution in [0, 0.1) is 13.8 Å². The summed E-state index contributed by atoms with van der Waals surface area (Å²) < 4.78 is 14.2. The van der Waals surface area contributed by atoms with Crippen molar-refractivity contribution < 1.29 is 23.8 Å². The largest absolute Gasteiger partial charge is 0.452 e. The van der Waals surface area contributed by atoms with Gasteiger partial charge in [-0.1, -0.05) is 11.6 Å². The zero-order valence-corrected chi connectivity index (χ0v) is 11.7. The Bertz CT molecular complexity index is 461. The van der Waals surface area contributed by atoms with Gasteiger partial charge in [0.25, 0.3) is 0 Å². The Morgan fingerprint density at radius 1 is 1.11 bits per heavy atom. The number of halogens is 1. The van der Waals surface area contributed by atoms with Crippen molar-refractivity contribution >= 4 is 23.5 Å². The number of methoxy groups -OCH3 is 1. The smallest absolute Gasteiger partial charge is 0.349 e. The van der Waals surface area contributed by atoms with Crippen LogP contribution >= 0.6 is 11.6 Å². The number of aryl methyl sites for hydroxylation is 2. The van der Waals surface area contributed by atoms with Crippen molar-refractivity contribution in [2.45, 2.75) is 13.8 Å². The first kappa shape index (κ1) is 15.5. The fourth-order valence-electron chi connectivity index (χ4n) is 1.42. The zero-order chi connectivity index (χ0) is 14.4. The zero-order valence-electron chi connectivity index (χ0n) is 11.0. The second-order valence-electron chi connectivity index (χ2n) is 3.94. The van der Waals surface area contributed by atoms with Gasteiger partial charge in [-0.05, 0) is 37.1 Å². The van der Waals surface area contributed by atoms with Crippen LogP contribution in [0.1, 0.15) is 11.1 Å². The van der Waals surface area contributed by atoms with Crippen LogP contribution in [0.25, 0.3) is 0 Å². The number of rotatable bonds is 5. The molecule has 0 spiro atoms. The van der Waals surface area contributed by atoms with E-state index in [1.54, 1.807) is 12.1 Å². The fourth-order valence-corrected chi connectivity index (χ4v) is 1.53. The third kappa shape index (κ3) is 4.89. The molecule has 0 amide bonds. The highest BCUT2D eigenvalue weighted by atomic mass is 35.5. The highest BCUT2D eigenvalue weighted by molar-refractivity contribution is 6.32. The highest BCUT2D eigenvalue weighted by Gasteiger charge is 2.11. The third-order valence-corrected chi connectivity index (χ3v) is 2.85. The number of carbonyl (C=O) groups is 2. The molecule has 0 saturated heterocycles. The summed E-state index contributed by atoms with van der Waals surface area (Å²) in [7, 11) is 1.36. The van der Waals surface area contributed by atoms with Crippen molar-refractivity contribution in [1.82, 2.24) is 0 Å². The number of ether oxygens (including phenoxy) is 3. The minimum atomic E-state index is -0.662. The summed E-state index contributed by atoms with van der Waals surface area (Å²) in [5, 5.41) is 0.631. The Hall–Kier alpha value is -1.59. The lowest BCUT2D eigenvalue weighted by molar-refractivity contribution is -0.156. The molecule has 0 bridgehead atoms. The molecule has 0 aromatic heterocycles. The van der Waals surface area contributed by atoms with Gasteiger partial charge in [0.05, 0.1) is 0 Å². The van der Waals surface area contributed by atoms with Gasteiger partial charge < -0.3 is 14.2 Å². The van der Waals surface area contributed by atoms with Crippen LogP contribution in [0.4, 0.5) is 0 Å². The molecule has 0 heterocycles. The van der Waals surface area contributed by atoms with E-state index < -0.39 is 18.5 Å². The first-order valence-electron chi connectivity index (χ1n) is 5.56.